The Hall–Kier alpha value is -3.31. The molecular weight excluding hydrogens is 500 g/mol. The molecule has 0 spiro atoms. The van der Waals surface area contributed by atoms with Crippen molar-refractivity contribution in [3.8, 4) is 17.2 Å². The van der Waals surface area contributed by atoms with Gasteiger partial charge in [-0.3, -0.25) is 9.59 Å². The van der Waals surface area contributed by atoms with Crippen LogP contribution in [0.25, 0.3) is 0 Å². The van der Waals surface area contributed by atoms with Crippen molar-refractivity contribution in [1.82, 2.24) is 0 Å². The molecule has 2 fully saturated rings. The minimum atomic E-state index is -0.792. The molecule has 6 rings (SSSR count). The van der Waals surface area contributed by atoms with Crippen LogP contribution < -0.4 is 9.47 Å². The summed E-state index contributed by atoms with van der Waals surface area (Å²) in [5.41, 5.74) is 4.80. The Morgan fingerprint density at radius 2 is 1.63 bits per heavy atom. The molecule has 196 valence electrons. The first-order chi connectivity index (χ1) is 18.5. The number of halogens is 1. The third-order valence-corrected chi connectivity index (χ3v) is 8.08. The standard InChI is InChI=1S/C32H31ClO5/c33-23-12-4-19(5-13-23)2-1-3-28(34)21-10-14-24(15-11-21)38-31-26(20-6-7-20)18-27-25(32(35)36)16-17-37-30(27)29(31)22-8-9-22/h4-5,10-15,18,20,22,25H,1-3,6-9,16-17H2,(H,35,36). The van der Waals surface area contributed by atoms with Crippen molar-refractivity contribution >= 4 is 23.4 Å². The number of ether oxygens (including phenoxy) is 2. The van der Waals surface area contributed by atoms with Gasteiger partial charge in [-0.2, -0.15) is 0 Å². The quantitative estimate of drug-likeness (QED) is 0.268. The van der Waals surface area contributed by atoms with Crippen molar-refractivity contribution < 1.29 is 24.2 Å². The molecule has 2 aliphatic carbocycles. The first-order valence-corrected chi connectivity index (χ1v) is 14.0. The maximum atomic E-state index is 12.8. The van der Waals surface area contributed by atoms with Crippen LogP contribution in [-0.4, -0.2) is 23.5 Å². The van der Waals surface area contributed by atoms with Crippen molar-refractivity contribution in [1.29, 1.82) is 0 Å². The highest BCUT2D eigenvalue weighted by Gasteiger charge is 2.41. The van der Waals surface area contributed by atoms with Crippen molar-refractivity contribution in [2.75, 3.05) is 6.61 Å². The van der Waals surface area contributed by atoms with Crippen LogP contribution in [0.15, 0.2) is 54.6 Å². The molecule has 3 aromatic rings. The van der Waals surface area contributed by atoms with Crippen LogP contribution in [0.5, 0.6) is 17.2 Å². The largest absolute Gasteiger partial charge is 0.493 e. The minimum absolute atomic E-state index is 0.116. The van der Waals surface area contributed by atoms with Crippen LogP contribution in [0.3, 0.4) is 0 Å². The van der Waals surface area contributed by atoms with Crippen molar-refractivity contribution in [3.63, 3.8) is 0 Å². The van der Waals surface area contributed by atoms with Gasteiger partial charge in [0.2, 0.25) is 0 Å². The monoisotopic (exact) mass is 530 g/mol. The number of carbonyl (C=O) groups excluding carboxylic acids is 1. The smallest absolute Gasteiger partial charge is 0.311 e. The van der Waals surface area contributed by atoms with E-state index >= 15 is 0 Å². The number of carboxylic acid groups (broad SMARTS) is 1. The summed E-state index contributed by atoms with van der Waals surface area (Å²) in [5, 5.41) is 10.6. The van der Waals surface area contributed by atoms with E-state index in [1.807, 2.05) is 54.6 Å². The summed E-state index contributed by atoms with van der Waals surface area (Å²) in [7, 11) is 0. The Kier molecular flexibility index (Phi) is 6.87. The van der Waals surface area contributed by atoms with Crippen LogP contribution >= 0.6 is 11.6 Å². The highest BCUT2D eigenvalue weighted by atomic mass is 35.5. The number of aliphatic carboxylic acids is 1. The number of hydrogen-bond acceptors (Lipinski definition) is 4. The molecule has 6 heteroatoms. The van der Waals surface area contributed by atoms with Gasteiger partial charge in [-0.25, -0.2) is 0 Å². The topological polar surface area (TPSA) is 72.8 Å². The molecule has 5 nitrogen and oxygen atoms in total. The van der Waals surface area contributed by atoms with Gasteiger partial charge < -0.3 is 14.6 Å². The Labute approximate surface area is 227 Å². The zero-order valence-corrected chi connectivity index (χ0v) is 22.0. The normalized spacial score (nSPS) is 18.4. The lowest BCUT2D eigenvalue weighted by Gasteiger charge is -2.28. The summed E-state index contributed by atoms with van der Waals surface area (Å²) in [4.78, 5) is 24.8. The van der Waals surface area contributed by atoms with Gasteiger partial charge in [0.05, 0.1) is 12.5 Å². The predicted octanol–water partition coefficient (Wildman–Crippen LogP) is 8.04. The first kappa shape index (κ1) is 25.0. The Morgan fingerprint density at radius 3 is 2.29 bits per heavy atom. The Balaban J connectivity index is 1.21. The van der Waals surface area contributed by atoms with Crippen LogP contribution in [-0.2, 0) is 11.2 Å². The van der Waals surface area contributed by atoms with E-state index in [0.717, 1.165) is 66.7 Å². The van der Waals surface area contributed by atoms with Gasteiger partial charge in [-0.1, -0.05) is 23.7 Å². The van der Waals surface area contributed by atoms with E-state index in [1.54, 1.807) is 0 Å². The molecule has 0 radical (unpaired) electrons. The molecule has 3 aliphatic rings. The Bertz CT molecular complexity index is 1350. The van der Waals surface area contributed by atoms with Gasteiger partial charge in [-0.15, -0.1) is 0 Å². The first-order valence-electron chi connectivity index (χ1n) is 13.6. The lowest BCUT2D eigenvalue weighted by atomic mass is 9.86. The molecule has 1 aliphatic heterocycles. The van der Waals surface area contributed by atoms with E-state index in [4.69, 9.17) is 21.1 Å². The fourth-order valence-corrected chi connectivity index (χ4v) is 5.58. The molecule has 0 saturated heterocycles. The number of Topliss-reactive ketones (excluding diaryl/α,β-unsaturated/α-hetero) is 1. The maximum Gasteiger partial charge on any atom is 0.311 e. The minimum Gasteiger partial charge on any atom is -0.493 e. The summed E-state index contributed by atoms with van der Waals surface area (Å²) >= 11 is 5.95. The zero-order chi connectivity index (χ0) is 26.2. The number of aryl methyl sites for hydroxylation is 1. The lowest BCUT2D eigenvalue weighted by molar-refractivity contribution is -0.139. The second kappa shape index (κ2) is 10.5. The van der Waals surface area contributed by atoms with Gasteiger partial charge in [0, 0.05) is 28.1 Å². The molecule has 3 aromatic carbocycles. The van der Waals surface area contributed by atoms with Crippen LogP contribution in [0.1, 0.15) is 95.3 Å². The summed E-state index contributed by atoms with van der Waals surface area (Å²) in [6, 6.07) is 17.2. The van der Waals surface area contributed by atoms with Gasteiger partial charge in [0.25, 0.3) is 0 Å². The average Bonchev–Trinajstić information content (AvgIpc) is 3.83. The maximum absolute atomic E-state index is 12.8. The second-order valence-electron chi connectivity index (χ2n) is 10.7. The molecular formula is C32H31ClO5. The molecule has 0 bridgehead atoms. The molecule has 38 heavy (non-hydrogen) atoms. The van der Waals surface area contributed by atoms with Crippen molar-refractivity contribution in [3.05, 3.63) is 87.4 Å². The number of carbonyl (C=O) groups is 2. The van der Waals surface area contributed by atoms with Crippen LogP contribution in [0, 0.1) is 0 Å². The SMILES string of the molecule is O=C(CCCc1ccc(Cl)cc1)c1ccc(Oc2c(C3CC3)cc3c(c2C2CC2)OCCC3C(=O)O)cc1. The fourth-order valence-electron chi connectivity index (χ4n) is 5.45. The van der Waals surface area contributed by atoms with E-state index in [0.29, 0.717) is 47.6 Å². The molecule has 1 atom stereocenters. The molecule has 1 N–H and O–H groups in total. The Morgan fingerprint density at radius 1 is 0.921 bits per heavy atom. The fraction of sp³-hybridized carbons (Fsp3) is 0.375. The van der Waals surface area contributed by atoms with Crippen LogP contribution in [0.4, 0.5) is 0 Å². The molecule has 1 heterocycles. The third kappa shape index (κ3) is 5.30. The van der Waals surface area contributed by atoms with Gasteiger partial charge in [0.15, 0.2) is 5.78 Å². The van der Waals surface area contributed by atoms with E-state index < -0.39 is 11.9 Å². The number of benzene rings is 3. The van der Waals surface area contributed by atoms with E-state index in [2.05, 4.69) is 0 Å². The van der Waals surface area contributed by atoms with E-state index in [1.165, 1.54) is 5.56 Å². The zero-order valence-electron chi connectivity index (χ0n) is 21.3. The third-order valence-electron chi connectivity index (χ3n) is 7.83. The van der Waals surface area contributed by atoms with Gasteiger partial charge in [-0.05, 0) is 110 Å². The van der Waals surface area contributed by atoms with E-state index in [-0.39, 0.29) is 5.78 Å². The average molecular weight is 531 g/mol. The van der Waals surface area contributed by atoms with Crippen LogP contribution in [0.2, 0.25) is 5.02 Å². The highest BCUT2D eigenvalue weighted by molar-refractivity contribution is 6.30. The summed E-state index contributed by atoms with van der Waals surface area (Å²) in [6.45, 7) is 0.404. The number of ketones is 1. The number of rotatable bonds is 10. The number of fused-ring (bicyclic) bond motifs is 1. The second-order valence-corrected chi connectivity index (χ2v) is 11.2. The highest BCUT2D eigenvalue weighted by Crippen LogP contribution is 2.58. The summed E-state index contributed by atoms with van der Waals surface area (Å²) in [6.07, 6.45) is 6.87. The molecule has 0 aromatic heterocycles. The molecule has 0 amide bonds. The van der Waals surface area contributed by atoms with E-state index in [9.17, 15) is 14.7 Å². The summed E-state index contributed by atoms with van der Waals surface area (Å²) in [5.74, 6) is 1.76. The summed E-state index contributed by atoms with van der Waals surface area (Å²) < 4.78 is 12.6. The molecule has 2 saturated carbocycles. The molecule has 1 unspecified atom stereocenters. The van der Waals surface area contributed by atoms with Gasteiger partial charge in [0.1, 0.15) is 17.2 Å². The van der Waals surface area contributed by atoms with Crippen molar-refractivity contribution in [2.24, 2.45) is 0 Å². The van der Waals surface area contributed by atoms with Crippen molar-refractivity contribution in [2.45, 2.75) is 69.1 Å². The number of hydrogen-bond donors (Lipinski definition) is 1. The predicted molar refractivity (Wildman–Crippen MR) is 146 cm³/mol. The lowest BCUT2D eigenvalue weighted by Crippen LogP contribution is -2.22. The van der Waals surface area contributed by atoms with Gasteiger partial charge >= 0.3 is 5.97 Å². The number of carboxylic acids is 1.